The summed E-state index contributed by atoms with van der Waals surface area (Å²) in [7, 11) is 0. The number of fused-ring (bicyclic) bond motifs is 5. The molecule has 0 aromatic rings. The number of hydrogen-bond acceptors (Lipinski definition) is 3. The fourth-order valence-corrected chi connectivity index (χ4v) is 8.84. The highest BCUT2D eigenvalue weighted by molar-refractivity contribution is 5.81. The Kier molecular flexibility index (Phi) is 6.26. The molecule has 0 aromatic heterocycles. The number of carbonyl (C=O) groups is 3. The smallest absolute Gasteiger partial charge is 0.322 e. The van der Waals surface area contributed by atoms with Crippen molar-refractivity contribution >= 4 is 17.7 Å². The minimum Gasteiger partial charge on any atom is -0.480 e. The lowest BCUT2D eigenvalue weighted by atomic mass is 9.44. The first-order valence-electron chi connectivity index (χ1n) is 12.7. The monoisotopic (exact) mass is 431 g/mol. The Balaban J connectivity index is 1.40. The Labute approximate surface area is 187 Å². The summed E-state index contributed by atoms with van der Waals surface area (Å²) < 4.78 is 0. The molecular formula is C26H41NO4. The van der Waals surface area contributed by atoms with Crippen molar-refractivity contribution in [2.45, 2.75) is 91.4 Å². The maximum Gasteiger partial charge on any atom is 0.322 e. The summed E-state index contributed by atoms with van der Waals surface area (Å²) in [6, 6.07) is 0. The third-order valence-electron chi connectivity index (χ3n) is 10.5. The van der Waals surface area contributed by atoms with Crippen LogP contribution in [0.1, 0.15) is 91.4 Å². The molecule has 174 valence electrons. The van der Waals surface area contributed by atoms with Crippen molar-refractivity contribution in [2.24, 2.45) is 46.3 Å². The lowest BCUT2D eigenvalue weighted by Gasteiger charge is -2.60. The highest BCUT2D eigenvalue weighted by atomic mass is 16.4. The number of aliphatic carboxylic acids is 1. The maximum absolute atomic E-state index is 12.1. The molecule has 0 aromatic carbocycles. The number of nitrogens with one attached hydrogen (secondary N) is 1. The van der Waals surface area contributed by atoms with E-state index < -0.39 is 5.97 Å². The van der Waals surface area contributed by atoms with E-state index in [1.165, 1.54) is 38.5 Å². The normalized spacial score (nSPS) is 42.8. The number of Topliss-reactive ketones (excluding diaryl/α,β-unsaturated/α-hetero) is 1. The van der Waals surface area contributed by atoms with Gasteiger partial charge < -0.3 is 10.4 Å². The molecule has 4 rings (SSSR count). The summed E-state index contributed by atoms with van der Waals surface area (Å²) in [5, 5.41) is 11.2. The molecule has 1 amide bonds. The van der Waals surface area contributed by atoms with Crippen molar-refractivity contribution in [1.82, 2.24) is 5.32 Å². The van der Waals surface area contributed by atoms with E-state index >= 15 is 0 Å². The molecule has 4 aliphatic carbocycles. The van der Waals surface area contributed by atoms with E-state index in [2.05, 4.69) is 26.1 Å². The number of amides is 1. The molecule has 0 bridgehead atoms. The van der Waals surface area contributed by atoms with Gasteiger partial charge in [-0.05, 0) is 97.7 Å². The number of carbonyl (C=O) groups excluding carboxylic acids is 2. The van der Waals surface area contributed by atoms with E-state index in [9.17, 15) is 14.4 Å². The fourth-order valence-electron chi connectivity index (χ4n) is 8.84. The Hall–Kier alpha value is -1.39. The molecule has 0 aliphatic heterocycles. The molecule has 5 heteroatoms. The van der Waals surface area contributed by atoms with Crippen molar-refractivity contribution in [3.63, 3.8) is 0 Å². The number of carboxylic acid groups (broad SMARTS) is 1. The topological polar surface area (TPSA) is 83.5 Å². The Bertz CT molecular complexity index is 735. The summed E-state index contributed by atoms with van der Waals surface area (Å²) in [6.07, 6.45) is 11.7. The van der Waals surface area contributed by atoms with Crippen LogP contribution in [0.3, 0.4) is 0 Å². The summed E-state index contributed by atoms with van der Waals surface area (Å²) in [6.45, 7) is 7.06. The highest BCUT2D eigenvalue weighted by Gasteiger charge is 2.60. The van der Waals surface area contributed by atoms with Crippen LogP contribution in [0.2, 0.25) is 0 Å². The van der Waals surface area contributed by atoms with Crippen LogP contribution in [-0.4, -0.2) is 29.3 Å². The van der Waals surface area contributed by atoms with Gasteiger partial charge in [0.25, 0.3) is 0 Å². The van der Waals surface area contributed by atoms with Crippen LogP contribution in [0.25, 0.3) is 0 Å². The third kappa shape index (κ3) is 4.06. The average molecular weight is 432 g/mol. The van der Waals surface area contributed by atoms with Crippen LogP contribution in [0, 0.1) is 46.3 Å². The molecule has 4 fully saturated rings. The van der Waals surface area contributed by atoms with Crippen molar-refractivity contribution in [1.29, 1.82) is 0 Å². The Morgan fingerprint density at radius 3 is 2.55 bits per heavy atom. The van der Waals surface area contributed by atoms with Gasteiger partial charge in [0, 0.05) is 19.3 Å². The van der Waals surface area contributed by atoms with Crippen LogP contribution in [0.15, 0.2) is 0 Å². The van der Waals surface area contributed by atoms with E-state index in [1.807, 2.05) is 0 Å². The van der Waals surface area contributed by atoms with Gasteiger partial charge in [0.1, 0.15) is 12.3 Å². The molecule has 0 saturated heterocycles. The SMILES string of the molecule is C[C@H](CCC(=O)NCC(=O)O)[C@H]1CC[C@H]2[C@@H]3CC[C@@H]4CC(=O)CC[C@]4(C)[C@H]3CC[C@]12C. The van der Waals surface area contributed by atoms with Gasteiger partial charge in [-0.1, -0.05) is 20.8 Å². The lowest BCUT2D eigenvalue weighted by Crippen LogP contribution is -2.53. The number of ketones is 1. The standard InChI is InChI=1S/C26H41NO4/c1-16(4-9-23(29)27-15-24(30)31)20-7-8-21-19-6-5-17-14-18(28)10-12-25(17,2)22(19)11-13-26(20,21)3/h16-17,19-22H,4-15H2,1-3H3,(H,27,29)(H,30,31)/t16-,17-,19+,20-,21+,22+,25+,26-/m1/s1. The van der Waals surface area contributed by atoms with Crippen LogP contribution in [0.4, 0.5) is 0 Å². The van der Waals surface area contributed by atoms with Crippen molar-refractivity contribution in [3.8, 4) is 0 Å². The van der Waals surface area contributed by atoms with Crippen molar-refractivity contribution in [2.75, 3.05) is 6.54 Å². The molecule has 0 radical (unpaired) electrons. The summed E-state index contributed by atoms with van der Waals surface area (Å²) in [5.74, 6) is 3.49. The van der Waals surface area contributed by atoms with Gasteiger partial charge in [-0.15, -0.1) is 0 Å². The van der Waals surface area contributed by atoms with Gasteiger partial charge in [0.15, 0.2) is 0 Å². The van der Waals surface area contributed by atoms with Gasteiger partial charge in [-0.3, -0.25) is 14.4 Å². The minimum absolute atomic E-state index is 0.143. The van der Waals surface area contributed by atoms with Crippen LogP contribution in [-0.2, 0) is 14.4 Å². The zero-order valence-electron chi connectivity index (χ0n) is 19.6. The molecule has 0 unspecified atom stereocenters. The van der Waals surface area contributed by atoms with Crippen molar-refractivity contribution in [3.05, 3.63) is 0 Å². The second-order valence-electron chi connectivity index (χ2n) is 11.8. The second kappa shape index (κ2) is 8.51. The highest BCUT2D eigenvalue weighted by Crippen LogP contribution is 2.68. The zero-order chi connectivity index (χ0) is 22.4. The molecule has 4 aliphatic rings. The van der Waals surface area contributed by atoms with Gasteiger partial charge in [0.05, 0.1) is 0 Å². The van der Waals surface area contributed by atoms with Gasteiger partial charge in [0.2, 0.25) is 5.91 Å². The predicted molar refractivity (Wildman–Crippen MR) is 119 cm³/mol. The van der Waals surface area contributed by atoms with Gasteiger partial charge in [-0.25, -0.2) is 0 Å². The van der Waals surface area contributed by atoms with Gasteiger partial charge in [-0.2, -0.15) is 0 Å². The lowest BCUT2D eigenvalue weighted by molar-refractivity contribution is -0.140. The average Bonchev–Trinajstić information content (AvgIpc) is 3.08. The molecule has 8 atom stereocenters. The van der Waals surface area contributed by atoms with E-state index in [1.54, 1.807) is 0 Å². The van der Waals surface area contributed by atoms with E-state index in [0.29, 0.717) is 40.8 Å². The minimum atomic E-state index is -0.991. The Morgan fingerprint density at radius 2 is 1.81 bits per heavy atom. The molecule has 5 nitrogen and oxygen atoms in total. The summed E-state index contributed by atoms with van der Waals surface area (Å²) >= 11 is 0. The zero-order valence-corrected chi connectivity index (χ0v) is 19.6. The van der Waals surface area contributed by atoms with Crippen LogP contribution in [0.5, 0.6) is 0 Å². The maximum atomic E-state index is 12.1. The number of carboxylic acids is 1. The number of hydrogen-bond donors (Lipinski definition) is 2. The fraction of sp³-hybridized carbons (Fsp3) is 0.885. The predicted octanol–water partition coefficient (Wildman–Crippen LogP) is 4.83. The van der Waals surface area contributed by atoms with E-state index in [-0.39, 0.29) is 12.5 Å². The Morgan fingerprint density at radius 1 is 1.06 bits per heavy atom. The molecule has 0 heterocycles. The molecular weight excluding hydrogens is 390 g/mol. The largest absolute Gasteiger partial charge is 0.480 e. The quantitative estimate of drug-likeness (QED) is 0.631. The molecule has 2 N–H and O–H groups in total. The first-order chi connectivity index (χ1) is 14.6. The molecule has 31 heavy (non-hydrogen) atoms. The molecule has 4 saturated carbocycles. The molecule has 0 spiro atoms. The first-order valence-corrected chi connectivity index (χ1v) is 12.7. The van der Waals surface area contributed by atoms with Gasteiger partial charge >= 0.3 is 5.97 Å². The first kappa shape index (κ1) is 22.8. The third-order valence-corrected chi connectivity index (χ3v) is 10.5. The van der Waals surface area contributed by atoms with Crippen molar-refractivity contribution < 1.29 is 19.5 Å². The van der Waals surface area contributed by atoms with E-state index in [4.69, 9.17) is 5.11 Å². The number of rotatable bonds is 6. The van der Waals surface area contributed by atoms with Crippen LogP contribution < -0.4 is 5.32 Å². The van der Waals surface area contributed by atoms with E-state index in [0.717, 1.165) is 43.4 Å². The summed E-state index contributed by atoms with van der Waals surface area (Å²) in [5.41, 5.74) is 0.732. The second-order valence-corrected chi connectivity index (χ2v) is 11.8. The van der Waals surface area contributed by atoms with Crippen LogP contribution >= 0.6 is 0 Å². The summed E-state index contributed by atoms with van der Waals surface area (Å²) in [4.78, 5) is 34.8.